The molecule has 1 aliphatic heterocycles. The quantitative estimate of drug-likeness (QED) is 0.742. The molecule has 1 aliphatic rings. The zero-order valence-corrected chi connectivity index (χ0v) is 8.36. The molecule has 0 saturated carbocycles. The van der Waals surface area contributed by atoms with Gasteiger partial charge in [0.1, 0.15) is 0 Å². The number of fused-ring (bicyclic) bond motifs is 1. The summed E-state index contributed by atoms with van der Waals surface area (Å²) in [5, 5.41) is 8.86. The van der Waals surface area contributed by atoms with Gasteiger partial charge in [-0.1, -0.05) is 6.92 Å². The van der Waals surface area contributed by atoms with Gasteiger partial charge in [0.2, 0.25) is 0 Å². The van der Waals surface area contributed by atoms with Crippen molar-refractivity contribution in [3.05, 3.63) is 23.5 Å². The first kappa shape index (κ1) is 9.31. The number of aromatic carboxylic acids is 1. The molecule has 0 radical (unpaired) electrons. The van der Waals surface area contributed by atoms with Gasteiger partial charge in [-0.05, 0) is 31.2 Å². The molecule has 3 nitrogen and oxygen atoms in total. The van der Waals surface area contributed by atoms with Gasteiger partial charge in [-0.25, -0.2) is 4.79 Å². The predicted molar refractivity (Wildman–Crippen MR) is 53.5 cm³/mol. The summed E-state index contributed by atoms with van der Waals surface area (Å²) in [6, 6.07) is 1.81. The summed E-state index contributed by atoms with van der Waals surface area (Å²) < 4.78 is 2.09. The highest BCUT2D eigenvalue weighted by atomic mass is 16.4. The first-order chi connectivity index (χ1) is 6.66. The van der Waals surface area contributed by atoms with Crippen molar-refractivity contribution in [2.45, 2.75) is 32.7 Å². The highest BCUT2D eigenvalue weighted by molar-refractivity contribution is 5.87. The number of aryl methyl sites for hydroxylation is 1. The maximum atomic E-state index is 10.8. The van der Waals surface area contributed by atoms with Gasteiger partial charge < -0.3 is 9.67 Å². The molecule has 1 N–H and O–H groups in total. The van der Waals surface area contributed by atoms with Crippen LogP contribution in [0.15, 0.2) is 12.3 Å². The van der Waals surface area contributed by atoms with E-state index in [-0.39, 0.29) is 0 Å². The number of rotatable bonds is 1. The second-order valence-corrected chi connectivity index (χ2v) is 4.17. The molecule has 0 fully saturated rings. The molecule has 2 heterocycles. The maximum absolute atomic E-state index is 10.8. The normalized spacial score (nSPS) is 21.4. The number of hydrogen-bond donors (Lipinski definition) is 1. The highest BCUT2D eigenvalue weighted by Crippen LogP contribution is 2.21. The van der Waals surface area contributed by atoms with E-state index < -0.39 is 5.97 Å². The van der Waals surface area contributed by atoms with Crippen molar-refractivity contribution in [3.63, 3.8) is 0 Å². The Balaban J connectivity index is 2.31. The summed E-state index contributed by atoms with van der Waals surface area (Å²) in [6.45, 7) is 3.19. The van der Waals surface area contributed by atoms with Crippen LogP contribution in [0.1, 0.15) is 35.8 Å². The minimum absolute atomic E-state index is 0.425. The molecular weight excluding hydrogens is 178 g/mol. The summed E-state index contributed by atoms with van der Waals surface area (Å²) in [4.78, 5) is 10.8. The number of carbonyl (C=O) groups is 1. The average molecular weight is 193 g/mol. The van der Waals surface area contributed by atoms with Crippen molar-refractivity contribution < 1.29 is 9.90 Å². The van der Waals surface area contributed by atoms with Crippen LogP contribution in [-0.2, 0) is 13.0 Å². The number of nitrogens with zero attached hydrogens (tertiary/aromatic N) is 1. The first-order valence-corrected chi connectivity index (χ1v) is 5.09. The Morgan fingerprint density at radius 3 is 3.14 bits per heavy atom. The molecule has 0 amide bonds. The van der Waals surface area contributed by atoms with Crippen LogP contribution >= 0.6 is 0 Å². The van der Waals surface area contributed by atoms with Gasteiger partial charge in [0.05, 0.1) is 5.56 Å². The third kappa shape index (κ3) is 1.67. The fourth-order valence-corrected chi connectivity index (χ4v) is 2.12. The summed E-state index contributed by atoms with van der Waals surface area (Å²) >= 11 is 0. The van der Waals surface area contributed by atoms with Gasteiger partial charge in [0.25, 0.3) is 0 Å². The van der Waals surface area contributed by atoms with Crippen molar-refractivity contribution in [2.75, 3.05) is 0 Å². The molecule has 0 bridgehead atoms. The number of carboxylic acids is 1. The van der Waals surface area contributed by atoms with Crippen molar-refractivity contribution >= 4 is 5.97 Å². The molecular formula is C11H15NO2. The smallest absolute Gasteiger partial charge is 0.337 e. The Labute approximate surface area is 83.4 Å². The van der Waals surface area contributed by atoms with Gasteiger partial charge in [-0.2, -0.15) is 0 Å². The topological polar surface area (TPSA) is 42.2 Å². The second kappa shape index (κ2) is 3.48. The minimum Gasteiger partial charge on any atom is -0.478 e. The lowest BCUT2D eigenvalue weighted by Crippen LogP contribution is -1.99. The van der Waals surface area contributed by atoms with Crippen molar-refractivity contribution in [2.24, 2.45) is 5.92 Å². The molecule has 1 unspecified atom stereocenters. The van der Waals surface area contributed by atoms with E-state index in [1.165, 1.54) is 12.1 Å². The zero-order valence-electron chi connectivity index (χ0n) is 8.36. The third-order valence-electron chi connectivity index (χ3n) is 2.89. The molecule has 14 heavy (non-hydrogen) atoms. The highest BCUT2D eigenvalue weighted by Gasteiger charge is 2.16. The summed E-state index contributed by atoms with van der Waals surface area (Å²) in [6.07, 6.45) is 5.16. The van der Waals surface area contributed by atoms with Crippen LogP contribution in [0.3, 0.4) is 0 Å². The maximum Gasteiger partial charge on any atom is 0.337 e. The van der Waals surface area contributed by atoms with Crippen LogP contribution in [0.5, 0.6) is 0 Å². The number of hydrogen-bond acceptors (Lipinski definition) is 1. The molecule has 1 atom stereocenters. The van der Waals surface area contributed by atoms with Gasteiger partial charge >= 0.3 is 5.97 Å². The van der Waals surface area contributed by atoms with Crippen molar-refractivity contribution in [1.82, 2.24) is 4.57 Å². The monoisotopic (exact) mass is 193 g/mol. The fraction of sp³-hybridized carbons (Fsp3) is 0.545. The van der Waals surface area contributed by atoms with Crippen LogP contribution < -0.4 is 0 Å². The summed E-state index contributed by atoms with van der Waals surface area (Å²) in [7, 11) is 0. The lowest BCUT2D eigenvalue weighted by atomic mass is 10.0. The van der Waals surface area contributed by atoms with Crippen molar-refractivity contribution in [1.29, 1.82) is 0 Å². The molecule has 0 aromatic carbocycles. The van der Waals surface area contributed by atoms with Gasteiger partial charge in [0.15, 0.2) is 0 Å². The van der Waals surface area contributed by atoms with E-state index in [0.29, 0.717) is 11.5 Å². The molecule has 3 heteroatoms. The SMILES string of the molecule is CC1CCCn2cc(C(=O)O)cc2C1. The van der Waals surface area contributed by atoms with E-state index in [1.807, 2.05) is 6.07 Å². The molecule has 76 valence electrons. The fourth-order valence-electron chi connectivity index (χ4n) is 2.12. The molecule has 0 aliphatic carbocycles. The molecule has 1 aromatic heterocycles. The molecule has 0 saturated heterocycles. The van der Waals surface area contributed by atoms with E-state index in [2.05, 4.69) is 11.5 Å². The van der Waals surface area contributed by atoms with Gasteiger partial charge in [-0.15, -0.1) is 0 Å². The number of aromatic nitrogens is 1. The lowest BCUT2D eigenvalue weighted by molar-refractivity contribution is 0.0697. The Morgan fingerprint density at radius 1 is 1.64 bits per heavy atom. The minimum atomic E-state index is -0.821. The molecule has 1 aromatic rings. The largest absolute Gasteiger partial charge is 0.478 e. The summed E-state index contributed by atoms with van der Waals surface area (Å²) in [5.74, 6) is -0.147. The first-order valence-electron chi connectivity index (χ1n) is 5.09. The van der Waals surface area contributed by atoms with Crippen LogP contribution in [0.4, 0.5) is 0 Å². The third-order valence-corrected chi connectivity index (χ3v) is 2.89. The van der Waals surface area contributed by atoms with Crippen molar-refractivity contribution in [3.8, 4) is 0 Å². The average Bonchev–Trinajstić information content (AvgIpc) is 2.42. The van der Waals surface area contributed by atoms with E-state index in [1.54, 1.807) is 6.20 Å². The van der Waals surface area contributed by atoms with Crippen LogP contribution in [-0.4, -0.2) is 15.6 Å². The Hall–Kier alpha value is -1.25. The number of carboxylic acid groups (broad SMARTS) is 1. The van der Waals surface area contributed by atoms with E-state index in [4.69, 9.17) is 5.11 Å². The van der Waals surface area contributed by atoms with E-state index in [9.17, 15) is 4.79 Å². The molecule has 2 rings (SSSR count). The van der Waals surface area contributed by atoms with Crippen LogP contribution in [0, 0.1) is 5.92 Å². The molecule has 0 spiro atoms. The van der Waals surface area contributed by atoms with Gasteiger partial charge in [-0.3, -0.25) is 0 Å². The van der Waals surface area contributed by atoms with Gasteiger partial charge in [0, 0.05) is 18.4 Å². The van der Waals surface area contributed by atoms with E-state index >= 15 is 0 Å². The predicted octanol–water partition coefficient (Wildman–Crippen LogP) is 2.16. The Bertz CT molecular complexity index is 354. The lowest BCUT2D eigenvalue weighted by Gasteiger charge is -2.04. The van der Waals surface area contributed by atoms with Crippen LogP contribution in [0.25, 0.3) is 0 Å². The Kier molecular flexibility index (Phi) is 2.32. The van der Waals surface area contributed by atoms with Crippen LogP contribution in [0.2, 0.25) is 0 Å². The zero-order chi connectivity index (χ0) is 10.1. The summed E-state index contributed by atoms with van der Waals surface area (Å²) in [5.41, 5.74) is 1.60. The standard InChI is InChI=1S/C11H15NO2/c1-8-3-2-4-12-7-9(11(13)14)6-10(12)5-8/h6-8H,2-5H2,1H3,(H,13,14). The van der Waals surface area contributed by atoms with E-state index in [0.717, 1.165) is 19.4 Å². The second-order valence-electron chi connectivity index (χ2n) is 4.17. The Morgan fingerprint density at radius 2 is 2.43 bits per heavy atom.